The van der Waals surface area contributed by atoms with E-state index in [0.29, 0.717) is 6.54 Å². The van der Waals surface area contributed by atoms with E-state index in [2.05, 4.69) is 5.16 Å². The highest BCUT2D eigenvalue weighted by Crippen LogP contribution is 2.28. The van der Waals surface area contributed by atoms with Crippen molar-refractivity contribution in [3.05, 3.63) is 35.4 Å². The third kappa shape index (κ3) is 3.90. The van der Waals surface area contributed by atoms with E-state index in [1.807, 2.05) is 0 Å². The maximum absolute atomic E-state index is 13.6. The van der Waals surface area contributed by atoms with Crippen LogP contribution in [-0.4, -0.2) is 34.4 Å². The van der Waals surface area contributed by atoms with Gasteiger partial charge in [-0.05, 0) is 18.9 Å². The summed E-state index contributed by atoms with van der Waals surface area (Å²) in [6.45, 7) is 0.302. The average Bonchev–Trinajstić information content (AvgIpc) is 3.28. The molecule has 114 valence electrons. The number of halogens is 2. The van der Waals surface area contributed by atoms with Gasteiger partial charge in [-0.2, -0.15) is 0 Å². The Kier molecular flexibility index (Phi) is 4.72. The SMILES string of the molecule is N/C(CCN(C(=O)Cc1cccc(F)c1F)C1CC1)=N/O. The zero-order valence-corrected chi connectivity index (χ0v) is 11.4. The molecule has 1 aromatic carbocycles. The highest BCUT2D eigenvalue weighted by molar-refractivity contribution is 5.82. The molecule has 0 heterocycles. The number of hydrogen-bond acceptors (Lipinski definition) is 3. The Hall–Kier alpha value is -2.18. The normalized spacial score (nSPS) is 15.0. The maximum atomic E-state index is 13.6. The molecule has 0 spiro atoms. The van der Waals surface area contributed by atoms with Gasteiger partial charge in [-0.15, -0.1) is 0 Å². The summed E-state index contributed by atoms with van der Waals surface area (Å²) in [5.74, 6) is -2.20. The first-order valence-electron chi connectivity index (χ1n) is 6.71. The lowest BCUT2D eigenvalue weighted by molar-refractivity contribution is -0.131. The van der Waals surface area contributed by atoms with Gasteiger partial charge in [-0.3, -0.25) is 4.79 Å². The fraction of sp³-hybridized carbons (Fsp3) is 0.429. The van der Waals surface area contributed by atoms with E-state index in [4.69, 9.17) is 10.9 Å². The molecule has 0 aromatic heterocycles. The lowest BCUT2D eigenvalue weighted by atomic mass is 10.1. The number of nitrogens with zero attached hydrogens (tertiary/aromatic N) is 2. The van der Waals surface area contributed by atoms with Gasteiger partial charge in [0, 0.05) is 24.6 Å². The summed E-state index contributed by atoms with van der Waals surface area (Å²) in [4.78, 5) is 13.8. The molecule has 2 rings (SSSR count). The van der Waals surface area contributed by atoms with Gasteiger partial charge in [-0.25, -0.2) is 8.78 Å². The zero-order valence-electron chi connectivity index (χ0n) is 11.4. The predicted octanol–water partition coefficient (Wildman–Crippen LogP) is 1.63. The van der Waals surface area contributed by atoms with Crippen molar-refractivity contribution in [3.8, 4) is 0 Å². The van der Waals surface area contributed by atoms with Crippen LogP contribution in [0.1, 0.15) is 24.8 Å². The number of nitrogens with two attached hydrogens (primary N) is 1. The molecule has 1 fully saturated rings. The number of rotatable bonds is 6. The topological polar surface area (TPSA) is 78.9 Å². The van der Waals surface area contributed by atoms with E-state index in [1.165, 1.54) is 12.1 Å². The van der Waals surface area contributed by atoms with Gasteiger partial charge in [0.05, 0.1) is 6.42 Å². The Balaban J connectivity index is 2.03. The van der Waals surface area contributed by atoms with Gasteiger partial charge in [0.25, 0.3) is 0 Å². The van der Waals surface area contributed by atoms with Crippen molar-refractivity contribution in [1.29, 1.82) is 0 Å². The van der Waals surface area contributed by atoms with Crippen LogP contribution in [0.5, 0.6) is 0 Å². The first-order chi connectivity index (χ1) is 10.0. The Morgan fingerprint density at radius 2 is 2.14 bits per heavy atom. The summed E-state index contributed by atoms with van der Waals surface area (Å²) in [5, 5.41) is 11.4. The molecule has 1 aromatic rings. The number of amides is 1. The molecule has 1 amide bonds. The minimum Gasteiger partial charge on any atom is -0.409 e. The summed E-state index contributed by atoms with van der Waals surface area (Å²) in [6, 6.07) is 3.89. The second kappa shape index (κ2) is 6.51. The Bertz CT molecular complexity index is 559. The van der Waals surface area contributed by atoms with Gasteiger partial charge in [0.2, 0.25) is 5.91 Å². The fourth-order valence-electron chi connectivity index (χ4n) is 2.13. The molecule has 0 unspecified atom stereocenters. The van der Waals surface area contributed by atoms with Gasteiger partial charge >= 0.3 is 0 Å². The number of benzene rings is 1. The zero-order chi connectivity index (χ0) is 15.4. The van der Waals surface area contributed by atoms with Crippen molar-refractivity contribution < 1.29 is 18.8 Å². The first kappa shape index (κ1) is 15.2. The van der Waals surface area contributed by atoms with Crippen LogP contribution in [0, 0.1) is 11.6 Å². The second-order valence-corrected chi connectivity index (χ2v) is 5.05. The molecule has 3 N–H and O–H groups in total. The molecule has 1 saturated carbocycles. The minimum absolute atomic E-state index is 0.0328. The maximum Gasteiger partial charge on any atom is 0.227 e. The van der Waals surface area contributed by atoms with Crippen molar-refractivity contribution in [2.75, 3.05) is 6.54 Å². The van der Waals surface area contributed by atoms with E-state index in [9.17, 15) is 13.6 Å². The highest BCUT2D eigenvalue weighted by Gasteiger charge is 2.32. The summed E-state index contributed by atoms with van der Waals surface area (Å²) in [7, 11) is 0. The molecular weight excluding hydrogens is 280 g/mol. The number of oxime groups is 1. The third-order valence-electron chi connectivity index (χ3n) is 3.42. The van der Waals surface area contributed by atoms with E-state index in [-0.39, 0.29) is 36.2 Å². The standard InChI is InChI=1S/C14H17F2N3O2/c15-11-3-1-2-9(14(11)16)8-13(20)19(10-4-5-10)7-6-12(17)18-21/h1-3,10,21H,4-8H2,(H2,17,18). The van der Waals surface area contributed by atoms with Crippen LogP contribution in [0.25, 0.3) is 0 Å². The van der Waals surface area contributed by atoms with Crippen LogP contribution in [0.3, 0.4) is 0 Å². The minimum atomic E-state index is -0.988. The second-order valence-electron chi connectivity index (χ2n) is 5.05. The van der Waals surface area contributed by atoms with Crippen LogP contribution in [0.4, 0.5) is 8.78 Å². The molecule has 1 aliphatic rings. The lowest BCUT2D eigenvalue weighted by Crippen LogP contribution is -2.37. The number of carbonyl (C=O) groups is 1. The van der Waals surface area contributed by atoms with Crippen LogP contribution in [0.2, 0.25) is 0 Å². The summed E-state index contributed by atoms with van der Waals surface area (Å²) in [6.07, 6.45) is 1.81. The predicted molar refractivity (Wildman–Crippen MR) is 72.8 cm³/mol. The van der Waals surface area contributed by atoms with E-state index >= 15 is 0 Å². The molecule has 0 bridgehead atoms. The molecule has 0 aliphatic heterocycles. The van der Waals surface area contributed by atoms with E-state index < -0.39 is 11.6 Å². The molecule has 5 nitrogen and oxygen atoms in total. The summed E-state index contributed by atoms with van der Waals surface area (Å²) in [5.41, 5.74) is 5.43. The van der Waals surface area contributed by atoms with Gasteiger partial charge < -0.3 is 15.8 Å². The van der Waals surface area contributed by atoms with Gasteiger partial charge in [-0.1, -0.05) is 17.3 Å². The van der Waals surface area contributed by atoms with Gasteiger partial charge in [0.15, 0.2) is 11.6 Å². The molecule has 7 heteroatoms. The Morgan fingerprint density at radius 3 is 2.76 bits per heavy atom. The molecule has 1 aliphatic carbocycles. The van der Waals surface area contributed by atoms with Crippen LogP contribution >= 0.6 is 0 Å². The monoisotopic (exact) mass is 297 g/mol. The van der Waals surface area contributed by atoms with Crippen LogP contribution in [-0.2, 0) is 11.2 Å². The molecule has 0 atom stereocenters. The summed E-state index contributed by atoms with van der Waals surface area (Å²) >= 11 is 0. The molecule has 21 heavy (non-hydrogen) atoms. The Labute approximate surface area is 121 Å². The quantitative estimate of drug-likeness (QED) is 0.362. The van der Waals surface area contributed by atoms with E-state index in [1.54, 1.807) is 4.90 Å². The average molecular weight is 297 g/mol. The molecular formula is C14H17F2N3O2. The largest absolute Gasteiger partial charge is 0.409 e. The van der Waals surface area contributed by atoms with Crippen LogP contribution < -0.4 is 5.73 Å². The number of amidine groups is 1. The summed E-state index contributed by atoms with van der Waals surface area (Å²) < 4.78 is 26.7. The lowest BCUT2D eigenvalue weighted by Gasteiger charge is -2.22. The molecule has 0 saturated heterocycles. The van der Waals surface area contributed by atoms with Gasteiger partial charge in [0.1, 0.15) is 5.84 Å². The van der Waals surface area contributed by atoms with Crippen molar-refractivity contribution in [2.45, 2.75) is 31.7 Å². The fourth-order valence-corrected chi connectivity index (χ4v) is 2.13. The third-order valence-corrected chi connectivity index (χ3v) is 3.42. The number of hydrogen-bond donors (Lipinski definition) is 2. The van der Waals surface area contributed by atoms with E-state index in [0.717, 1.165) is 18.9 Å². The molecule has 0 radical (unpaired) electrons. The Morgan fingerprint density at radius 1 is 1.43 bits per heavy atom. The number of carbonyl (C=O) groups excluding carboxylic acids is 1. The first-order valence-corrected chi connectivity index (χ1v) is 6.71. The van der Waals surface area contributed by atoms with Crippen molar-refractivity contribution in [3.63, 3.8) is 0 Å². The van der Waals surface area contributed by atoms with Crippen LogP contribution in [0.15, 0.2) is 23.4 Å². The van der Waals surface area contributed by atoms with Crippen molar-refractivity contribution >= 4 is 11.7 Å². The van der Waals surface area contributed by atoms with Crippen molar-refractivity contribution in [2.24, 2.45) is 10.9 Å². The van der Waals surface area contributed by atoms with Crippen molar-refractivity contribution in [1.82, 2.24) is 4.90 Å². The smallest absolute Gasteiger partial charge is 0.227 e. The highest BCUT2D eigenvalue weighted by atomic mass is 19.2.